The van der Waals surface area contributed by atoms with E-state index in [0.29, 0.717) is 17.2 Å². The van der Waals surface area contributed by atoms with E-state index >= 15 is 0 Å². The zero-order chi connectivity index (χ0) is 29.0. The first-order valence-electron chi connectivity index (χ1n) is 14.0. The second-order valence-corrected chi connectivity index (χ2v) is 12.4. The third-order valence-corrected chi connectivity index (χ3v) is 9.72. The number of aromatic nitrogens is 4. The van der Waals surface area contributed by atoms with E-state index < -0.39 is 0 Å². The van der Waals surface area contributed by atoms with E-state index in [0.717, 1.165) is 22.4 Å². The minimum Gasteiger partial charge on any atom is -0.285 e. The van der Waals surface area contributed by atoms with Crippen LogP contribution in [0.4, 0.5) is 0 Å². The fraction of sp³-hybridized carbons (Fsp3) is 0.250. The van der Waals surface area contributed by atoms with Gasteiger partial charge in [0, 0.05) is 28.5 Å². The molecule has 6 rings (SSSR count). The van der Waals surface area contributed by atoms with Gasteiger partial charge in [-0.05, 0) is 45.6 Å². The molecule has 3 aromatic carbocycles. The minimum atomic E-state index is -0.248. The molecular weight excluding hydrogens is 504 g/mol. The van der Waals surface area contributed by atoms with Gasteiger partial charge in [-0.1, -0.05) is 114 Å². The van der Waals surface area contributed by atoms with Crippen LogP contribution < -0.4 is 0 Å². The van der Waals surface area contributed by atoms with Crippen LogP contribution in [0.15, 0.2) is 97.2 Å². The molecule has 204 valence electrons. The maximum atomic E-state index is 13.3. The Morgan fingerprint density at radius 3 is 1.80 bits per heavy atom. The van der Waals surface area contributed by atoms with Crippen molar-refractivity contribution in [1.82, 2.24) is 19.9 Å². The summed E-state index contributed by atoms with van der Waals surface area (Å²) >= 11 is 0. The number of hydrogen-bond acceptors (Lipinski definition) is 5. The highest BCUT2D eigenvalue weighted by atomic mass is 16.1. The molecule has 1 aliphatic carbocycles. The fourth-order valence-electron chi connectivity index (χ4n) is 5.96. The SMILES string of the molecule is CC1(C)c2ccc(-c3ccc(-c4nc(C(=O)c5ccccc5)nc(-c5ccccc5)n4)cn3)cc2C(C)(C)C1(C)C. The molecule has 0 aliphatic heterocycles. The van der Waals surface area contributed by atoms with Gasteiger partial charge in [0.15, 0.2) is 11.6 Å². The van der Waals surface area contributed by atoms with Crippen molar-refractivity contribution in [3.8, 4) is 34.0 Å². The number of hydrogen-bond donors (Lipinski definition) is 0. The van der Waals surface area contributed by atoms with Crippen LogP contribution >= 0.6 is 0 Å². The summed E-state index contributed by atoms with van der Waals surface area (Å²) < 4.78 is 0. The second kappa shape index (κ2) is 9.55. The number of carbonyl (C=O) groups excluding carboxylic acids is 1. The molecule has 1 aliphatic rings. The summed E-state index contributed by atoms with van der Waals surface area (Å²) in [5.74, 6) is 0.721. The van der Waals surface area contributed by atoms with Crippen molar-refractivity contribution in [2.75, 3.05) is 0 Å². The van der Waals surface area contributed by atoms with Gasteiger partial charge in [-0.25, -0.2) is 15.0 Å². The van der Waals surface area contributed by atoms with Crippen molar-refractivity contribution in [2.24, 2.45) is 5.41 Å². The Morgan fingerprint density at radius 1 is 0.585 bits per heavy atom. The molecule has 0 N–H and O–H groups in total. The zero-order valence-electron chi connectivity index (χ0n) is 24.4. The molecule has 5 nitrogen and oxygen atoms in total. The molecular formula is C36H34N4O. The Labute approximate surface area is 241 Å². The molecule has 0 fully saturated rings. The molecule has 0 spiro atoms. The van der Waals surface area contributed by atoms with E-state index in [4.69, 9.17) is 9.97 Å². The number of carbonyl (C=O) groups is 1. The Balaban J connectivity index is 1.40. The molecule has 2 heterocycles. The van der Waals surface area contributed by atoms with Crippen LogP contribution in [-0.4, -0.2) is 25.7 Å². The second-order valence-electron chi connectivity index (χ2n) is 12.4. The van der Waals surface area contributed by atoms with Gasteiger partial charge in [0.1, 0.15) is 0 Å². The number of ketones is 1. The van der Waals surface area contributed by atoms with Gasteiger partial charge in [-0.2, -0.15) is 0 Å². The van der Waals surface area contributed by atoms with Crippen molar-refractivity contribution in [3.05, 3.63) is 120 Å². The number of benzene rings is 3. The molecule has 0 unspecified atom stereocenters. The topological polar surface area (TPSA) is 68.6 Å². The molecule has 0 atom stereocenters. The Hall–Kier alpha value is -4.51. The summed E-state index contributed by atoms with van der Waals surface area (Å²) in [5.41, 5.74) is 6.99. The molecule has 0 bridgehead atoms. The summed E-state index contributed by atoms with van der Waals surface area (Å²) in [7, 11) is 0. The highest BCUT2D eigenvalue weighted by Gasteiger charge is 2.56. The van der Waals surface area contributed by atoms with Crippen LogP contribution in [0.1, 0.15) is 68.9 Å². The predicted molar refractivity (Wildman–Crippen MR) is 164 cm³/mol. The molecule has 0 radical (unpaired) electrons. The molecule has 0 saturated carbocycles. The molecule has 5 heteroatoms. The van der Waals surface area contributed by atoms with Crippen LogP contribution in [0, 0.1) is 5.41 Å². The van der Waals surface area contributed by atoms with Crippen molar-refractivity contribution in [2.45, 2.75) is 52.4 Å². The van der Waals surface area contributed by atoms with E-state index in [1.54, 1.807) is 18.3 Å². The van der Waals surface area contributed by atoms with Gasteiger partial charge >= 0.3 is 0 Å². The van der Waals surface area contributed by atoms with Crippen molar-refractivity contribution < 1.29 is 4.79 Å². The lowest BCUT2D eigenvalue weighted by atomic mass is 9.59. The largest absolute Gasteiger partial charge is 0.285 e. The molecule has 0 saturated heterocycles. The highest BCUT2D eigenvalue weighted by molar-refractivity contribution is 6.06. The third kappa shape index (κ3) is 4.28. The summed E-state index contributed by atoms with van der Waals surface area (Å²) in [6.45, 7) is 14.1. The van der Waals surface area contributed by atoms with Crippen LogP contribution in [-0.2, 0) is 10.8 Å². The predicted octanol–water partition coefficient (Wildman–Crippen LogP) is 8.09. The van der Waals surface area contributed by atoms with Crippen molar-refractivity contribution in [1.29, 1.82) is 0 Å². The van der Waals surface area contributed by atoms with Gasteiger partial charge in [-0.3, -0.25) is 9.78 Å². The first-order chi connectivity index (χ1) is 19.5. The van der Waals surface area contributed by atoms with Crippen LogP contribution in [0.3, 0.4) is 0 Å². The molecule has 5 aromatic rings. The lowest BCUT2D eigenvalue weighted by Crippen LogP contribution is -2.42. The van der Waals surface area contributed by atoms with E-state index in [2.05, 4.69) is 69.7 Å². The van der Waals surface area contributed by atoms with E-state index in [1.165, 1.54) is 11.1 Å². The normalized spacial score (nSPS) is 16.2. The minimum absolute atomic E-state index is 0.0161. The fourth-order valence-corrected chi connectivity index (χ4v) is 5.96. The summed E-state index contributed by atoms with van der Waals surface area (Å²) in [4.78, 5) is 32.0. The lowest BCUT2D eigenvalue weighted by Gasteiger charge is -2.44. The monoisotopic (exact) mass is 538 g/mol. The highest BCUT2D eigenvalue weighted by Crippen LogP contribution is 2.61. The number of nitrogens with zero attached hydrogens (tertiary/aromatic N) is 4. The smallest absolute Gasteiger partial charge is 0.230 e. The number of fused-ring (bicyclic) bond motifs is 1. The van der Waals surface area contributed by atoms with Crippen LogP contribution in [0.2, 0.25) is 0 Å². The van der Waals surface area contributed by atoms with Gasteiger partial charge in [0.05, 0.1) is 5.69 Å². The van der Waals surface area contributed by atoms with E-state index in [-0.39, 0.29) is 27.9 Å². The zero-order valence-corrected chi connectivity index (χ0v) is 24.4. The Morgan fingerprint density at radius 2 is 1.17 bits per heavy atom. The lowest BCUT2D eigenvalue weighted by molar-refractivity contribution is 0.102. The first kappa shape index (κ1) is 26.7. The summed E-state index contributed by atoms with van der Waals surface area (Å²) in [6, 6.07) is 29.4. The summed E-state index contributed by atoms with van der Waals surface area (Å²) in [5, 5.41) is 0. The molecule has 41 heavy (non-hydrogen) atoms. The van der Waals surface area contributed by atoms with Gasteiger partial charge < -0.3 is 0 Å². The van der Waals surface area contributed by atoms with Crippen molar-refractivity contribution in [3.63, 3.8) is 0 Å². The van der Waals surface area contributed by atoms with Gasteiger partial charge in [0.2, 0.25) is 11.6 Å². The Bertz CT molecular complexity index is 1760. The van der Waals surface area contributed by atoms with Crippen molar-refractivity contribution >= 4 is 5.78 Å². The average molecular weight is 539 g/mol. The van der Waals surface area contributed by atoms with Crippen LogP contribution in [0.5, 0.6) is 0 Å². The van der Waals surface area contributed by atoms with E-state index in [1.807, 2.05) is 60.7 Å². The number of rotatable bonds is 5. The summed E-state index contributed by atoms with van der Waals surface area (Å²) in [6.07, 6.45) is 1.78. The Kier molecular flexibility index (Phi) is 6.22. The molecule has 0 amide bonds. The first-order valence-corrected chi connectivity index (χ1v) is 14.0. The van der Waals surface area contributed by atoms with Gasteiger partial charge in [-0.15, -0.1) is 0 Å². The van der Waals surface area contributed by atoms with E-state index in [9.17, 15) is 4.79 Å². The quantitative estimate of drug-likeness (QED) is 0.212. The third-order valence-electron chi connectivity index (χ3n) is 9.72. The van der Waals surface area contributed by atoms with Gasteiger partial charge in [0.25, 0.3) is 0 Å². The molecule has 2 aromatic heterocycles. The number of pyridine rings is 1. The average Bonchev–Trinajstić information content (AvgIpc) is 3.10. The van der Waals surface area contributed by atoms with Crippen LogP contribution in [0.25, 0.3) is 34.0 Å². The maximum absolute atomic E-state index is 13.3. The standard InChI is InChI=1S/C36H34N4O/c1-34(2)27-19-17-25(21-28(27)35(3,4)36(34,5)6)29-20-18-26(22-37-29)32-38-31(24-15-11-8-12-16-24)39-33(40-32)30(41)23-13-9-7-10-14-23/h7-22H,1-6H3. The maximum Gasteiger partial charge on any atom is 0.230 e.